The Morgan fingerprint density at radius 2 is 2.33 bits per heavy atom. The first-order valence-electron chi connectivity index (χ1n) is 5.03. The molecule has 1 N–H and O–H groups in total. The summed E-state index contributed by atoms with van der Waals surface area (Å²) in [5, 5.41) is 7.92. The van der Waals surface area contributed by atoms with Crippen LogP contribution in [0, 0.1) is 6.92 Å². The van der Waals surface area contributed by atoms with Crippen molar-refractivity contribution in [2.75, 3.05) is 12.4 Å². The van der Waals surface area contributed by atoms with Crippen LogP contribution >= 0.6 is 22.9 Å². The molecule has 0 amide bonds. The zero-order valence-electron chi connectivity index (χ0n) is 10.0. The second kappa shape index (κ2) is 4.95. The van der Waals surface area contributed by atoms with Crippen LogP contribution < -0.4 is 5.32 Å². The Balaban J connectivity index is 2.25. The smallest absolute Gasteiger partial charge is 0.351 e. The van der Waals surface area contributed by atoms with E-state index in [1.807, 2.05) is 20.2 Å². The summed E-state index contributed by atoms with van der Waals surface area (Å²) in [5.74, 6) is -0.492. The van der Waals surface area contributed by atoms with Gasteiger partial charge in [-0.05, 0) is 6.92 Å². The van der Waals surface area contributed by atoms with Gasteiger partial charge in [0.15, 0.2) is 15.2 Å². The zero-order chi connectivity index (χ0) is 13.3. The molecule has 0 aromatic carbocycles. The van der Waals surface area contributed by atoms with E-state index >= 15 is 0 Å². The molecule has 0 aliphatic carbocycles. The average Bonchev–Trinajstić information content (AvgIpc) is 2.82. The second-order valence-corrected chi connectivity index (χ2v) is 4.91. The summed E-state index contributed by atoms with van der Waals surface area (Å²) in [6.45, 7) is 1.87. The molecule has 0 aliphatic rings. The molecule has 0 saturated heterocycles. The molecule has 0 aliphatic heterocycles. The molecule has 2 heterocycles. The van der Waals surface area contributed by atoms with Crippen LogP contribution in [0.2, 0.25) is 5.15 Å². The van der Waals surface area contributed by atoms with E-state index in [1.165, 1.54) is 7.11 Å². The van der Waals surface area contributed by atoms with Crippen molar-refractivity contribution in [3.63, 3.8) is 0 Å². The van der Waals surface area contributed by atoms with Gasteiger partial charge in [-0.25, -0.2) is 9.78 Å². The quantitative estimate of drug-likeness (QED) is 0.877. The van der Waals surface area contributed by atoms with Crippen LogP contribution in [0.3, 0.4) is 0 Å². The van der Waals surface area contributed by atoms with E-state index in [1.54, 1.807) is 4.68 Å². The number of methoxy groups -OCH3 is 1. The van der Waals surface area contributed by atoms with Crippen molar-refractivity contribution in [2.24, 2.45) is 7.05 Å². The summed E-state index contributed by atoms with van der Waals surface area (Å²) in [4.78, 5) is 15.7. The van der Waals surface area contributed by atoms with Crippen LogP contribution in [0.4, 0.5) is 10.8 Å². The third kappa shape index (κ3) is 2.46. The maximum Gasteiger partial charge on any atom is 0.351 e. The largest absolute Gasteiger partial charge is 0.465 e. The van der Waals surface area contributed by atoms with Gasteiger partial charge in [0, 0.05) is 13.2 Å². The molecule has 18 heavy (non-hydrogen) atoms. The van der Waals surface area contributed by atoms with Gasteiger partial charge in [-0.1, -0.05) is 22.9 Å². The summed E-state index contributed by atoms with van der Waals surface area (Å²) >= 11 is 7.01. The van der Waals surface area contributed by atoms with Gasteiger partial charge in [0.2, 0.25) is 0 Å². The van der Waals surface area contributed by atoms with Gasteiger partial charge in [-0.3, -0.25) is 4.68 Å². The topological polar surface area (TPSA) is 69.0 Å². The Kier molecular flexibility index (Phi) is 3.53. The number of anilines is 2. The first kappa shape index (κ1) is 12.8. The molecule has 2 rings (SSSR count). The Labute approximate surface area is 113 Å². The molecular formula is C10H11ClN4O2S. The lowest BCUT2D eigenvalue weighted by Gasteiger charge is -1.98. The molecule has 0 saturated carbocycles. The number of halogens is 1. The minimum atomic E-state index is -0.492. The highest BCUT2D eigenvalue weighted by molar-refractivity contribution is 7.18. The van der Waals surface area contributed by atoms with Crippen molar-refractivity contribution < 1.29 is 9.53 Å². The average molecular weight is 287 g/mol. The number of carbonyl (C=O) groups is 1. The van der Waals surface area contributed by atoms with Crippen LogP contribution in [0.15, 0.2) is 6.20 Å². The highest BCUT2D eigenvalue weighted by atomic mass is 35.5. The summed E-state index contributed by atoms with van der Waals surface area (Å²) in [5.41, 5.74) is 1.66. The highest BCUT2D eigenvalue weighted by Gasteiger charge is 2.18. The molecule has 0 atom stereocenters. The number of hydrogen-bond acceptors (Lipinski definition) is 6. The maximum atomic E-state index is 11.4. The molecular weight excluding hydrogens is 276 g/mol. The predicted octanol–water partition coefficient (Wildman–Crippen LogP) is 2.37. The van der Waals surface area contributed by atoms with Crippen LogP contribution in [-0.4, -0.2) is 27.8 Å². The van der Waals surface area contributed by atoms with E-state index in [-0.39, 0.29) is 10.0 Å². The number of rotatable bonds is 3. The van der Waals surface area contributed by atoms with Gasteiger partial charge in [0.05, 0.1) is 18.5 Å². The molecule has 0 fully saturated rings. The molecule has 0 bridgehead atoms. The zero-order valence-corrected chi connectivity index (χ0v) is 11.6. The third-order valence-electron chi connectivity index (χ3n) is 2.21. The van der Waals surface area contributed by atoms with Crippen LogP contribution in [-0.2, 0) is 11.8 Å². The van der Waals surface area contributed by atoms with Gasteiger partial charge in [0.25, 0.3) is 0 Å². The maximum absolute atomic E-state index is 11.4. The summed E-state index contributed by atoms with van der Waals surface area (Å²) in [6.07, 6.45) is 1.82. The third-order valence-corrected chi connectivity index (χ3v) is 3.55. The number of carbonyl (C=O) groups excluding carboxylic acids is 1. The van der Waals surface area contributed by atoms with Gasteiger partial charge in [-0.2, -0.15) is 5.10 Å². The molecule has 8 heteroatoms. The molecule has 0 unspecified atom stereocenters. The standard InChI is InChI=1S/C10H11ClN4O2S/c1-5-6(4-15(2)14-5)12-10-13-8(11)7(18-10)9(16)17-3/h4H,1-3H3,(H,12,13). The lowest BCUT2D eigenvalue weighted by Crippen LogP contribution is -1.98. The molecule has 2 aromatic rings. The summed E-state index contributed by atoms with van der Waals surface area (Å²) < 4.78 is 6.30. The molecule has 6 nitrogen and oxygen atoms in total. The van der Waals surface area contributed by atoms with Gasteiger partial charge >= 0.3 is 5.97 Å². The lowest BCUT2D eigenvalue weighted by atomic mass is 10.4. The first-order chi connectivity index (χ1) is 8.51. The van der Waals surface area contributed by atoms with Crippen molar-refractivity contribution >= 4 is 39.7 Å². The van der Waals surface area contributed by atoms with Gasteiger partial charge < -0.3 is 10.1 Å². The van der Waals surface area contributed by atoms with Crippen molar-refractivity contribution in [1.82, 2.24) is 14.8 Å². The number of esters is 1. The Morgan fingerprint density at radius 3 is 2.89 bits per heavy atom. The first-order valence-corrected chi connectivity index (χ1v) is 6.22. The van der Waals surface area contributed by atoms with Crippen molar-refractivity contribution in [3.05, 3.63) is 21.9 Å². The second-order valence-electron chi connectivity index (χ2n) is 3.56. The van der Waals surface area contributed by atoms with Crippen molar-refractivity contribution in [3.8, 4) is 0 Å². The van der Waals surface area contributed by atoms with E-state index < -0.39 is 5.97 Å². The minimum absolute atomic E-state index is 0.135. The molecule has 0 radical (unpaired) electrons. The monoisotopic (exact) mass is 286 g/mol. The molecule has 96 valence electrons. The number of thiazole rings is 1. The van der Waals surface area contributed by atoms with E-state index in [4.69, 9.17) is 11.6 Å². The number of aryl methyl sites for hydroxylation is 2. The van der Waals surface area contributed by atoms with Crippen molar-refractivity contribution in [2.45, 2.75) is 6.92 Å². The fraction of sp³-hybridized carbons (Fsp3) is 0.300. The number of hydrogen-bond donors (Lipinski definition) is 1. The fourth-order valence-electron chi connectivity index (χ4n) is 1.41. The normalized spacial score (nSPS) is 10.4. The SMILES string of the molecule is COC(=O)c1sc(Nc2cn(C)nc2C)nc1Cl. The van der Waals surface area contributed by atoms with Gasteiger partial charge in [0.1, 0.15) is 0 Å². The van der Waals surface area contributed by atoms with Crippen LogP contribution in [0.25, 0.3) is 0 Å². The van der Waals surface area contributed by atoms with Crippen molar-refractivity contribution in [1.29, 1.82) is 0 Å². The molecule has 0 spiro atoms. The number of nitrogens with one attached hydrogen (secondary N) is 1. The Hall–Kier alpha value is -1.60. The number of nitrogens with zero attached hydrogens (tertiary/aromatic N) is 3. The van der Waals surface area contributed by atoms with E-state index in [0.717, 1.165) is 22.7 Å². The Bertz CT molecular complexity index is 593. The predicted molar refractivity (Wildman–Crippen MR) is 69.7 cm³/mol. The summed E-state index contributed by atoms with van der Waals surface area (Å²) in [6, 6.07) is 0. The number of ether oxygens (including phenoxy) is 1. The van der Waals surface area contributed by atoms with Crippen LogP contribution in [0.5, 0.6) is 0 Å². The minimum Gasteiger partial charge on any atom is -0.465 e. The summed E-state index contributed by atoms with van der Waals surface area (Å²) in [7, 11) is 3.13. The van der Waals surface area contributed by atoms with Crippen LogP contribution in [0.1, 0.15) is 15.4 Å². The van der Waals surface area contributed by atoms with Gasteiger partial charge in [-0.15, -0.1) is 0 Å². The highest BCUT2D eigenvalue weighted by Crippen LogP contribution is 2.30. The fourth-order valence-corrected chi connectivity index (χ4v) is 2.53. The van der Waals surface area contributed by atoms with E-state index in [2.05, 4.69) is 20.1 Å². The molecule has 2 aromatic heterocycles. The van der Waals surface area contributed by atoms with E-state index in [9.17, 15) is 4.79 Å². The Morgan fingerprint density at radius 1 is 1.61 bits per heavy atom. The number of aromatic nitrogens is 3. The van der Waals surface area contributed by atoms with E-state index in [0.29, 0.717) is 5.13 Å². The lowest BCUT2D eigenvalue weighted by molar-refractivity contribution is 0.0606.